The second-order valence-corrected chi connectivity index (χ2v) is 4.97. The molecule has 0 aromatic heterocycles. The van der Waals surface area contributed by atoms with Crippen molar-refractivity contribution in [2.45, 2.75) is 6.61 Å². The van der Waals surface area contributed by atoms with Gasteiger partial charge in [-0.2, -0.15) is 0 Å². The molecule has 0 fully saturated rings. The maximum Gasteiger partial charge on any atom is 0.165 e. The zero-order valence-electron chi connectivity index (χ0n) is 10.3. The minimum atomic E-state index is -0.629. The van der Waals surface area contributed by atoms with Gasteiger partial charge in [-0.1, -0.05) is 28.1 Å². The fourth-order valence-corrected chi connectivity index (χ4v) is 1.98. The number of nitrogen functional groups attached to an aromatic ring is 1. The molecule has 0 aliphatic carbocycles. The van der Waals surface area contributed by atoms with Crippen LogP contribution in [0.5, 0.6) is 5.75 Å². The number of nitrogens with one attached hydrogen (secondary N) is 1. The summed E-state index contributed by atoms with van der Waals surface area (Å²) < 4.78 is 33.4. The van der Waals surface area contributed by atoms with Crippen LogP contribution in [0.4, 0.5) is 8.78 Å². The topological polar surface area (TPSA) is 59.1 Å². The number of benzene rings is 2. The molecule has 0 heterocycles. The van der Waals surface area contributed by atoms with Crippen LogP contribution in [0.15, 0.2) is 40.9 Å². The van der Waals surface area contributed by atoms with Gasteiger partial charge in [0.15, 0.2) is 11.6 Å². The van der Waals surface area contributed by atoms with E-state index in [1.54, 1.807) is 12.1 Å². The Morgan fingerprint density at radius 3 is 2.70 bits per heavy atom. The lowest BCUT2D eigenvalue weighted by Gasteiger charge is -2.10. The summed E-state index contributed by atoms with van der Waals surface area (Å²) >= 11 is 3.20. The normalized spacial score (nSPS) is 10.3. The van der Waals surface area contributed by atoms with Crippen molar-refractivity contribution in [2.24, 2.45) is 5.73 Å². The summed E-state index contributed by atoms with van der Waals surface area (Å²) in [6.45, 7) is -0.152. The standard InChI is InChI=1S/C14H11BrF2N2O/c15-9-4-5-11(16)12(6-9)20-7-8-2-1-3-10(13(8)17)14(18)19/h1-6H,7H2,(H3,18,19). The molecule has 2 aromatic rings. The van der Waals surface area contributed by atoms with Crippen molar-refractivity contribution in [1.82, 2.24) is 0 Å². The zero-order chi connectivity index (χ0) is 14.7. The number of nitrogens with two attached hydrogens (primary N) is 1. The summed E-state index contributed by atoms with van der Waals surface area (Å²) in [6, 6.07) is 8.72. The van der Waals surface area contributed by atoms with Crippen LogP contribution in [0.1, 0.15) is 11.1 Å². The van der Waals surface area contributed by atoms with Gasteiger partial charge in [-0.25, -0.2) is 8.78 Å². The van der Waals surface area contributed by atoms with Crippen LogP contribution in [0.25, 0.3) is 0 Å². The van der Waals surface area contributed by atoms with Crippen molar-refractivity contribution >= 4 is 21.8 Å². The van der Waals surface area contributed by atoms with E-state index in [0.717, 1.165) is 0 Å². The van der Waals surface area contributed by atoms with Gasteiger partial charge in [0.2, 0.25) is 0 Å². The number of hydrogen-bond acceptors (Lipinski definition) is 2. The zero-order valence-corrected chi connectivity index (χ0v) is 11.9. The lowest BCUT2D eigenvalue weighted by atomic mass is 10.1. The Balaban J connectivity index is 2.21. The lowest BCUT2D eigenvalue weighted by Crippen LogP contribution is -2.14. The van der Waals surface area contributed by atoms with Crippen molar-refractivity contribution in [3.63, 3.8) is 0 Å². The van der Waals surface area contributed by atoms with Crippen molar-refractivity contribution in [2.75, 3.05) is 0 Å². The first kappa shape index (κ1) is 14.5. The third-order valence-electron chi connectivity index (χ3n) is 2.65. The Kier molecular flexibility index (Phi) is 4.34. The third kappa shape index (κ3) is 3.14. The fraction of sp³-hybridized carbons (Fsp3) is 0.0714. The van der Waals surface area contributed by atoms with E-state index in [1.165, 1.54) is 24.3 Å². The molecule has 0 bridgehead atoms. The predicted octanol–water partition coefficient (Wildman–Crippen LogP) is 3.59. The van der Waals surface area contributed by atoms with Crippen molar-refractivity contribution < 1.29 is 13.5 Å². The third-order valence-corrected chi connectivity index (χ3v) is 3.14. The van der Waals surface area contributed by atoms with E-state index in [4.69, 9.17) is 15.9 Å². The van der Waals surface area contributed by atoms with E-state index < -0.39 is 11.6 Å². The summed E-state index contributed by atoms with van der Waals surface area (Å²) in [5.74, 6) is -1.50. The Hall–Kier alpha value is -1.95. The minimum absolute atomic E-state index is 0.000754. The van der Waals surface area contributed by atoms with E-state index in [9.17, 15) is 8.78 Å². The smallest absolute Gasteiger partial charge is 0.165 e. The highest BCUT2D eigenvalue weighted by atomic mass is 79.9. The van der Waals surface area contributed by atoms with Crippen LogP contribution in [-0.2, 0) is 6.61 Å². The highest BCUT2D eigenvalue weighted by molar-refractivity contribution is 9.10. The molecule has 3 N–H and O–H groups in total. The Morgan fingerprint density at radius 2 is 2.00 bits per heavy atom. The fourth-order valence-electron chi connectivity index (χ4n) is 1.64. The first-order valence-electron chi connectivity index (χ1n) is 5.68. The molecule has 0 aliphatic rings. The molecule has 0 spiro atoms. The highest BCUT2D eigenvalue weighted by Crippen LogP contribution is 2.24. The molecule has 3 nitrogen and oxygen atoms in total. The number of amidine groups is 1. The summed E-state index contributed by atoms with van der Waals surface area (Å²) in [4.78, 5) is 0. The number of hydrogen-bond donors (Lipinski definition) is 2. The monoisotopic (exact) mass is 340 g/mol. The Labute approximate surface area is 123 Å². The van der Waals surface area contributed by atoms with Gasteiger partial charge in [0.05, 0.1) is 5.56 Å². The molecule has 0 saturated heterocycles. The minimum Gasteiger partial charge on any atom is -0.486 e. The highest BCUT2D eigenvalue weighted by Gasteiger charge is 2.11. The summed E-state index contributed by atoms with van der Waals surface area (Å²) in [5.41, 5.74) is 5.48. The quantitative estimate of drug-likeness (QED) is 0.660. The predicted molar refractivity (Wildman–Crippen MR) is 75.8 cm³/mol. The second-order valence-electron chi connectivity index (χ2n) is 4.06. The average molecular weight is 341 g/mol. The van der Waals surface area contributed by atoms with E-state index in [-0.39, 0.29) is 29.3 Å². The summed E-state index contributed by atoms with van der Waals surface area (Å²) in [6.07, 6.45) is 0. The van der Waals surface area contributed by atoms with E-state index in [2.05, 4.69) is 15.9 Å². The molecular weight excluding hydrogens is 330 g/mol. The number of rotatable bonds is 4. The molecule has 0 aliphatic heterocycles. The van der Waals surface area contributed by atoms with Gasteiger partial charge in [-0.15, -0.1) is 0 Å². The maximum absolute atomic E-state index is 14.0. The van der Waals surface area contributed by atoms with Gasteiger partial charge < -0.3 is 10.5 Å². The van der Waals surface area contributed by atoms with Crippen molar-refractivity contribution in [1.29, 1.82) is 5.41 Å². The SMILES string of the molecule is N=C(N)c1cccc(COc2cc(Br)ccc2F)c1F. The van der Waals surface area contributed by atoms with E-state index in [0.29, 0.717) is 4.47 Å². The number of halogens is 3. The second kappa shape index (κ2) is 6.00. The van der Waals surface area contributed by atoms with Crippen LogP contribution in [0.2, 0.25) is 0 Å². The molecule has 104 valence electrons. The molecule has 0 amide bonds. The molecule has 20 heavy (non-hydrogen) atoms. The van der Waals surface area contributed by atoms with Gasteiger partial charge in [-0.05, 0) is 24.3 Å². The molecule has 0 radical (unpaired) electrons. The van der Waals surface area contributed by atoms with E-state index >= 15 is 0 Å². The van der Waals surface area contributed by atoms with Gasteiger partial charge in [0, 0.05) is 10.0 Å². The molecular formula is C14H11BrF2N2O. The van der Waals surface area contributed by atoms with Crippen LogP contribution in [0, 0.1) is 17.0 Å². The molecule has 0 saturated carbocycles. The largest absolute Gasteiger partial charge is 0.486 e. The van der Waals surface area contributed by atoms with Crippen LogP contribution in [0.3, 0.4) is 0 Å². The van der Waals surface area contributed by atoms with Gasteiger partial charge in [0.25, 0.3) is 0 Å². The summed E-state index contributed by atoms with van der Waals surface area (Å²) in [7, 11) is 0. The van der Waals surface area contributed by atoms with Gasteiger partial charge >= 0.3 is 0 Å². The average Bonchev–Trinajstić information content (AvgIpc) is 2.41. The van der Waals surface area contributed by atoms with Crippen LogP contribution in [-0.4, -0.2) is 5.84 Å². The molecule has 0 atom stereocenters. The molecule has 0 unspecified atom stereocenters. The molecule has 6 heteroatoms. The van der Waals surface area contributed by atoms with Gasteiger partial charge in [-0.3, -0.25) is 5.41 Å². The molecule has 2 aromatic carbocycles. The first-order valence-corrected chi connectivity index (χ1v) is 6.48. The van der Waals surface area contributed by atoms with Crippen molar-refractivity contribution in [3.8, 4) is 5.75 Å². The lowest BCUT2D eigenvalue weighted by molar-refractivity contribution is 0.284. The first-order chi connectivity index (χ1) is 9.49. The van der Waals surface area contributed by atoms with Crippen LogP contribution >= 0.6 is 15.9 Å². The maximum atomic E-state index is 14.0. The number of ether oxygens (including phenoxy) is 1. The summed E-state index contributed by atoms with van der Waals surface area (Å²) in [5, 5.41) is 7.26. The van der Waals surface area contributed by atoms with Crippen LogP contribution < -0.4 is 10.5 Å². The van der Waals surface area contributed by atoms with E-state index in [1.807, 2.05) is 0 Å². The molecule has 2 rings (SSSR count). The Bertz CT molecular complexity index is 662. The van der Waals surface area contributed by atoms with Gasteiger partial charge in [0.1, 0.15) is 18.3 Å². The Morgan fingerprint density at radius 1 is 1.25 bits per heavy atom. The van der Waals surface area contributed by atoms with Crippen molar-refractivity contribution in [3.05, 3.63) is 63.6 Å².